The van der Waals surface area contributed by atoms with Gasteiger partial charge in [0.1, 0.15) is 10.6 Å². The van der Waals surface area contributed by atoms with E-state index in [1.165, 1.54) is 48.5 Å². The zero-order valence-electron chi connectivity index (χ0n) is 22.3. The van der Waals surface area contributed by atoms with Crippen molar-refractivity contribution in [3.8, 4) is 5.75 Å². The summed E-state index contributed by atoms with van der Waals surface area (Å²) in [5, 5.41) is 2.42. The summed E-state index contributed by atoms with van der Waals surface area (Å²) in [5.74, 6) is -0.612. The fourth-order valence-electron chi connectivity index (χ4n) is 4.46. The highest BCUT2D eigenvalue weighted by Crippen LogP contribution is 2.38. The van der Waals surface area contributed by atoms with E-state index in [0.29, 0.717) is 28.4 Å². The summed E-state index contributed by atoms with van der Waals surface area (Å²) in [6.45, 7) is 1.63. The number of hydrogen-bond acceptors (Lipinski definition) is 11. The third kappa shape index (κ3) is 6.32. The van der Waals surface area contributed by atoms with Gasteiger partial charge >= 0.3 is 5.97 Å². The quantitative estimate of drug-likeness (QED) is 0.0719. The maximum atomic E-state index is 12.7. The Labute approximate surface area is 250 Å². The molecular formula is C27H21N3O11S3. The molecule has 0 amide bonds. The molecule has 0 aliphatic rings. The van der Waals surface area contributed by atoms with Gasteiger partial charge in [-0.2, -0.15) is 25.3 Å². The Morgan fingerprint density at radius 3 is 1.98 bits per heavy atom. The van der Waals surface area contributed by atoms with Crippen LogP contribution in [-0.2, 0) is 30.4 Å². The molecule has 0 saturated heterocycles. The number of rotatable bonds is 7. The first-order valence-electron chi connectivity index (χ1n) is 12.2. The van der Waals surface area contributed by atoms with Gasteiger partial charge in [-0.25, -0.2) is 4.79 Å². The minimum absolute atomic E-state index is 0.0843. The number of carbonyl (C=O) groups is 1. The molecule has 0 saturated carbocycles. The maximum Gasteiger partial charge on any atom is 0.343 e. The molecule has 0 spiro atoms. The van der Waals surface area contributed by atoms with Crippen LogP contribution in [0.5, 0.6) is 5.75 Å². The van der Waals surface area contributed by atoms with Crippen LogP contribution in [-0.4, -0.2) is 49.9 Å². The second-order valence-corrected chi connectivity index (χ2v) is 13.8. The third-order valence-corrected chi connectivity index (χ3v) is 8.91. The van der Waals surface area contributed by atoms with Crippen molar-refractivity contribution in [3.63, 3.8) is 0 Å². The highest BCUT2D eigenvalue weighted by atomic mass is 32.2. The van der Waals surface area contributed by atoms with E-state index in [2.05, 4.69) is 10.3 Å². The number of benzene rings is 4. The van der Waals surface area contributed by atoms with Crippen LogP contribution in [0.25, 0.3) is 21.7 Å². The molecule has 4 aromatic carbocycles. The van der Waals surface area contributed by atoms with Crippen molar-refractivity contribution in [2.75, 3.05) is 11.1 Å². The molecule has 1 aromatic heterocycles. The van der Waals surface area contributed by atoms with E-state index in [4.69, 9.17) is 10.5 Å². The average Bonchev–Trinajstić information content (AvgIpc) is 2.91. The first-order chi connectivity index (χ1) is 20.4. The molecule has 0 radical (unpaired) electrons. The third-order valence-electron chi connectivity index (χ3n) is 6.37. The molecule has 0 aliphatic heterocycles. The van der Waals surface area contributed by atoms with Crippen molar-refractivity contribution in [2.24, 2.45) is 0 Å². The maximum absolute atomic E-state index is 12.7. The van der Waals surface area contributed by atoms with E-state index < -0.39 is 56.4 Å². The molecule has 17 heteroatoms. The van der Waals surface area contributed by atoms with Gasteiger partial charge in [0.05, 0.1) is 20.9 Å². The zero-order valence-corrected chi connectivity index (χ0v) is 24.7. The Kier molecular flexibility index (Phi) is 7.57. The number of esters is 1. The second-order valence-electron chi connectivity index (χ2n) is 9.54. The molecule has 0 atom stereocenters. The Bertz CT molecular complexity index is 2340. The van der Waals surface area contributed by atoms with Crippen LogP contribution in [0, 0.1) is 6.92 Å². The van der Waals surface area contributed by atoms with Crippen LogP contribution >= 0.6 is 0 Å². The largest absolute Gasteiger partial charge is 0.423 e. The van der Waals surface area contributed by atoms with Gasteiger partial charge in [-0.1, -0.05) is 0 Å². The van der Waals surface area contributed by atoms with Crippen molar-refractivity contribution >= 4 is 75.1 Å². The molecule has 5 aromatic rings. The van der Waals surface area contributed by atoms with Gasteiger partial charge in [0, 0.05) is 33.5 Å². The van der Waals surface area contributed by atoms with E-state index in [9.17, 15) is 43.7 Å². The molecule has 0 aliphatic carbocycles. The monoisotopic (exact) mass is 659 g/mol. The number of nitrogen functional groups attached to an aromatic ring is 1. The number of aryl methyl sites for hydroxylation is 1. The standard InChI is InChI=1S/C27H21N3O11S3/c1-14-8-23(21-11-18(6-7-22(21)29-14)41-27(31)15-2-4-17(28)5-3-15)30-24-12-19(42(32,33)34)9-16-10-20(43(35,36)37)13-25(26(16)24)44(38,39)40/h2-13H,28H2,1H3,(H,29,30)(H,32,33,34)(H,35,36,37)(H,38,39,40). The van der Waals surface area contributed by atoms with Crippen molar-refractivity contribution in [3.05, 3.63) is 84.1 Å². The molecule has 0 bridgehead atoms. The number of pyridine rings is 1. The lowest BCUT2D eigenvalue weighted by Crippen LogP contribution is -2.09. The normalized spacial score (nSPS) is 12.4. The van der Waals surface area contributed by atoms with Gasteiger partial charge in [0.2, 0.25) is 0 Å². The summed E-state index contributed by atoms with van der Waals surface area (Å²) < 4.78 is 108. The molecule has 44 heavy (non-hydrogen) atoms. The van der Waals surface area contributed by atoms with Crippen LogP contribution in [0.1, 0.15) is 16.1 Å². The van der Waals surface area contributed by atoms with Crippen molar-refractivity contribution < 1.29 is 48.4 Å². The fourth-order valence-corrected chi connectivity index (χ4v) is 6.38. The van der Waals surface area contributed by atoms with Crippen LogP contribution in [0.4, 0.5) is 17.1 Å². The van der Waals surface area contributed by atoms with Crippen LogP contribution in [0.15, 0.2) is 87.5 Å². The summed E-state index contributed by atoms with van der Waals surface area (Å²) >= 11 is 0. The van der Waals surface area contributed by atoms with Crippen molar-refractivity contribution in [1.82, 2.24) is 4.98 Å². The van der Waals surface area contributed by atoms with Crippen molar-refractivity contribution in [2.45, 2.75) is 21.6 Å². The number of fused-ring (bicyclic) bond motifs is 2. The average molecular weight is 660 g/mol. The van der Waals surface area contributed by atoms with E-state index >= 15 is 0 Å². The second kappa shape index (κ2) is 10.8. The number of nitrogens with zero attached hydrogens (tertiary/aromatic N) is 1. The molecule has 14 nitrogen and oxygen atoms in total. The van der Waals surface area contributed by atoms with Crippen LogP contribution in [0.3, 0.4) is 0 Å². The lowest BCUT2D eigenvalue weighted by molar-refractivity contribution is 0.0735. The van der Waals surface area contributed by atoms with Gasteiger partial charge < -0.3 is 15.8 Å². The molecule has 228 valence electrons. The highest BCUT2D eigenvalue weighted by Gasteiger charge is 2.25. The molecule has 6 N–H and O–H groups in total. The molecule has 1 heterocycles. The number of aromatic nitrogens is 1. The van der Waals surface area contributed by atoms with Crippen LogP contribution in [0.2, 0.25) is 0 Å². The van der Waals surface area contributed by atoms with Gasteiger partial charge in [-0.3, -0.25) is 18.6 Å². The summed E-state index contributed by atoms with van der Waals surface area (Å²) in [7, 11) is -15.2. The zero-order chi connectivity index (χ0) is 32.2. The lowest BCUT2D eigenvalue weighted by Gasteiger charge is -2.17. The topological polar surface area (TPSA) is 240 Å². The first-order valence-corrected chi connectivity index (χ1v) is 16.5. The molecule has 5 rings (SSSR count). The predicted molar refractivity (Wildman–Crippen MR) is 159 cm³/mol. The van der Waals surface area contributed by atoms with E-state index in [0.717, 1.165) is 18.2 Å². The van der Waals surface area contributed by atoms with Gasteiger partial charge in [-0.15, -0.1) is 0 Å². The Morgan fingerprint density at radius 2 is 1.39 bits per heavy atom. The van der Waals surface area contributed by atoms with Gasteiger partial charge in [0.15, 0.2) is 0 Å². The van der Waals surface area contributed by atoms with E-state index in [-0.39, 0.29) is 28.1 Å². The minimum Gasteiger partial charge on any atom is -0.423 e. The minimum atomic E-state index is -5.18. The SMILES string of the molecule is Cc1cc(Nc2cc(S(=O)(=O)O)cc3cc(S(=O)(=O)O)cc(S(=O)(=O)O)c23)c2cc(OC(=O)c3ccc(N)cc3)ccc2n1. The van der Waals surface area contributed by atoms with Gasteiger partial charge in [-0.05, 0) is 85.1 Å². The Morgan fingerprint density at radius 1 is 0.773 bits per heavy atom. The summed E-state index contributed by atoms with van der Waals surface area (Å²) in [5.41, 5.74) is 7.03. The molecule has 0 unspecified atom stereocenters. The van der Waals surface area contributed by atoms with Crippen molar-refractivity contribution in [1.29, 1.82) is 0 Å². The summed E-state index contributed by atoms with van der Waals surface area (Å²) in [6, 6.07) is 14.9. The first kappa shape index (κ1) is 30.8. The number of anilines is 3. The fraction of sp³-hybridized carbons (Fsp3) is 0.0370. The number of hydrogen-bond donors (Lipinski definition) is 5. The number of nitrogens with one attached hydrogen (secondary N) is 1. The summed E-state index contributed by atoms with van der Waals surface area (Å²) in [4.78, 5) is 14.4. The molecule has 0 fully saturated rings. The summed E-state index contributed by atoms with van der Waals surface area (Å²) in [6.07, 6.45) is 0. The molecular weight excluding hydrogens is 639 g/mol. The lowest BCUT2D eigenvalue weighted by atomic mass is 10.1. The number of nitrogens with two attached hydrogens (primary N) is 1. The highest BCUT2D eigenvalue weighted by molar-refractivity contribution is 7.87. The van der Waals surface area contributed by atoms with E-state index in [1.54, 1.807) is 6.92 Å². The smallest absolute Gasteiger partial charge is 0.343 e. The Balaban J connectivity index is 1.72. The predicted octanol–water partition coefficient (Wildman–Crippen LogP) is 3.98. The number of carbonyl (C=O) groups excluding carboxylic acids is 1. The van der Waals surface area contributed by atoms with E-state index in [1.807, 2.05) is 0 Å². The Hall–Kier alpha value is -4.65. The van der Waals surface area contributed by atoms with Crippen LogP contribution < -0.4 is 15.8 Å². The number of ether oxygens (including phenoxy) is 1. The van der Waals surface area contributed by atoms with Gasteiger partial charge in [0.25, 0.3) is 30.4 Å².